The molecular formula is C26H20ClN5OS. The van der Waals surface area contributed by atoms with Crippen LogP contribution in [0, 0.1) is 0 Å². The van der Waals surface area contributed by atoms with Gasteiger partial charge in [0.05, 0.1) is 18.0 Å². The van der Waals surface area contributed by atoms with Gasteiger partial charge in [-0.2, -0.15) is 5.10 Å². The number of hydrogen-bond acceptors (Lipinski definition) is 5. The molecule has 0 aliphatic heterocycles. The molecule has 5 aromatic rings. The average Bonchev–Trinajstić information content (AvgIpc) is 3.21. The molecule has 0 fully saturated rings. The number of carbonyl (C=O) groups excluding carboxylic acids is 1. The topological polar surface area (TPSA) is 72.7 Å². The van der Waals surface area contributed by atoms with Crippen molar-refractivity contribution in [1.82, 2.24) is 19.7 Å². The number of rotatable bonds is 7. The number of benzene rings is 3. The van der Waals surface area contributed by atoms with E-state index in [1.807, 2.05) is 54.6 Å². The van der Waals surface area contributed by atoms with Crippen LogP contribution in [-0.2, 0) is 11.3 Å². The highest BCUT2D eigenvalue weighted by Gasteiger charge is 2.13. The summed E-state index contributed by atoms with van der Waals surface area (Å²) in [6, 6.07) is 26.2. The van der Waals surface area contributed by atoms with Crippen molar-refractivity contribution in [2.24, 2.45) is 0 Å². The molecule has 0 radical (unpaired) electrons. The fourth-order valence-corrected chi connectivity index (χ4v) is 4.38. The summed E-state index contributed by atoms with van der Waals surface area (Å²) in [6.07, 6.45) is 3.41. The molecule has 168 valence electrons. The van der Waals surface area contributed by atoms with Gasteiger partial charge in [-0.3, -0.25) is 9.48 Å². The van der Waals surface area contributed by atoms with Gasteiger partial charge in [-0.25, -0.2) is 9.97 Å². The Morgan fingerprint density at radius 1 is 0.971 bits per heavy atom. The van der Waals surface area contributed by atoms with Gasteiger partial charge in [0.1, 0.15) is 5.02 Å². The molecule has 0 bridgehead atoms. The molecule has 1 N–H and O–H groups in total. The van der Waals surface area contributed by atoms with E-state index in [4.69, 9.17) is 11.6 Å². The number of carbonyl (C=O) groups is 1. The van der Waals surface area contributed by atoms with E-state index in [-0.39, 0.29) is 11.7 Å². The molecule has 34 heavy (non-hydrogen) atoms. The standard InChI is InChI=1S/C26H20ClN5OS/c27-22-16-32(15-18-6-2-1-3-7-18)31-25(22)30-24(33)17-34-26-28-13-12-23(29-26)21-11-10-19-8-4-5-9-20(19)14-21/h1-14,16H,15,17H2,(H,30,31,33). The third-order valence-electron chi connectivity index (χ3n) is 5.17. The summed E-state index contributed by atoms with van der Waals surface area (Å²) in [5, 5.41) is 10.4. The number of fused-ring (bicyclic) bond motifs is 1. The normalized spacial score (nSPS) is 11.0. The SMILES string of the molecule is O=C(CSc1nccc(-c2ccc3ccccc3c2)n1)Nc1nn(Cc2ccccc2)cc1Cl. The summed E-state index contributed by atoms with van der Waals surface area (Å²) in [5.41, 5.74) is 2.91. The maximum absolute atomic E-state index is 12.5. The summed E-state index contributed by atoms with van der Waals surface area (Å²) >= 11 is 7.54. The first-order valence-electron chi connectivity index (χ1n) is 10.7. The Labute approximate surface area is 206 Å². The molecule has 0 atom stereocenters. The number of nitrogens with one attached hydrogen (secondary N) is 1. The van der Waals surface area contributed by atoms with Crippen molar-refractivity contribution < 1.29 is 4.79 Å². The van der Waals surface area contributed by atoms with Crippen molar-refractivity contribution in [3.05, 3.63) is 102 Å². The van der Waals surface area contributed by atoms with E-state index >= 15 is 0 Å². The molecule has 1 amide bonds. The lowest BCUT2D eigenvalue weighted by molar-refractivity contribution is -0.113. The second-order valence-electron chi connectivity index (χ2n) is 7.63. The van der Waals surface area contributed by atoms with Gasteiger partial charge in [0.25, 0.3) is 0 Å². The van der Waals surface area contributed by atoms with E-state index in [9.17, 15) is 4.79 Å². The van der Waals surface area contributed by atoms with Crippen LogP contribution in [0.25, 0.3) is 22.0 Å². The number of hydrogen-bond donors (Lipinski definition) is 1. The van der Waals surface area contributed by atoms with E-state index < -0.39 is 0 Å². The molecule has 0 saturated heterocycles. The average molecular weight is 486 g/mol. The highest BCUT2D eigenvalue weighted by Crippen LogP contribution is 2.25. The van der Waals surface area contributed by atoms with Crippen LogP contribution in [0.2, 0.25) is 5.02 Å². The molecule has 0 saturated carbocycles. The smallest absolute Gasteiger partial charge is 0.236 e. The first kappa shape index (κ1) is 22.1. The van der Waals surface area contributed by atoms with Crippen LogP contribution in [0.1, 0.15) is 5.56 Å². The van der Waals surface area contributed by atoms with Gasteiger partial charge < -0.3 is 5.32 Å². The number of thioether (sulfide) groups is 1. The second kappa shape index (κ2) is 10.1. The van der Waals surface area contributed by atoms with Crippen LogP contribution < -0.4 is 5.32 Å². The van der Waals surface area contributed by atoms with Crippen LogP contribution in [0.15, 0.2) is 96.4 Å². The van der Waals surface area contributed by atoms with Crippen LogP contribution in [0.5, 0.6) is 0 Å². The Morgan fingerprint density at radius 2 is 1.76 bits per heavy atom. The van der Waals surface area contributed by atoms with Crippen molar-refractivity contribution in [3.8, 4) is 11.3 Å². The molecule has 0 unspecified atom stereocenters. The predicted octanol–water partition coefficient (Wildman–Crippen LogP) is 5.93. The van der Waals surface area contributed by atoms with Crippen LogP contribution in [0.4, 0.5) is 5.82 Å². The summed E-state index contributed by atoms with van der Waals surface area (Å²) in [6.45, 7) is 0.570. The maximum Gasteiger partial charge on any atom is 0.236 e. The van der Waals surface area contributed by atoms with E-state index in [2.05, 4.69) is 44.6 Å². The second-order valence-corrected chi connectivity index (χ2v) is 8.98. The molecule has 5 rings (SSSR count). The molecule has 3 aromatic carbocycles. The molecule has 0 spiro atoms. The third kappa shape index (κ3) is 5.27. The summed E-state index contributed by atoms with van der Waals surface area (Å²) in [5.74, 6) is 0.258. The van der Waals surface area contributed by atoms with Gasteiger partial charge in [-0.15, -0.1) is 0 Å². The highest BCUT2D eigenvalue weighted by molar-refractivity contribution is 7.99. The largest absolute Gasteiger partial charge is 0.307 e. The van der Waals surface area contributed by atoms with Crippen molar-refractivity contribution in [3.63, 3.8) is 0 Å². The minimum Gasteiger partial charge on any atom is -0.307 e. The Balaban J connectivity index is 1.22. The van der Waals surface area contributed by atoms with Gasteiger partial charge in [0.2, 0.25) is 5.91 Å². The summed E-state index contributed by atoms with van der Waals surface area (Å²) in [4.78, 5) is 21.4. The minimum absolute atomic E-state index is 0.142. The van der Waals surface area contributed by atoms with E-state index in [0.717, 1.165) is 22.2 Å². The Hall–Kier alpha value is -3.68. The zero-order chi connectivity index (χ0) is 23.3. The molecular weight excluding hydrogens is 466 g/mol. The Morgan fingerprint density at radius 3 is 2.62 bits per heavy atom. The quantitative estimate of drug-likeness (QED) is 0.228. The number of halogens is 1. The molecule has 6 nitrogen and oxygen atoms in total. The Kier molecular flexibility index (Phi) is 6.56. The maximum atomic E-state index is 12.5. The lowest BCUT2D eigenvalue weighted by Gasteiger charge is -2.06. The molecule has 2 aromatic heterocycles. The van der Waals surface area contributed by atoms with Crippen molar-refractivity contribution in [1.29, 1.82) is 0 Å². The molecule has 0 aliphatic rings. The summed E-state index contributed by atoms with van der Waals surface area (Å²) < 4.78 is 1.70. The van der Waals surface area contributed by atoms with Gasteiger partial charge >= 0.3 is 0 Å². The molecule has 8 heteroatoms. The highest BCUT2D eigenvalue weighted by atomic mass is 35.5. The Bertz CT molecular complexity index is 1450. The van der Waals surface area contributed by atoms with Crippen LogP contribution in [-0.4, -0.2) is 31.4 Å². The number of nitrogens with zero attached hydrogens (tertiary/aromatic N) is 4. The fourth-order valence-electron chi connectivity index (χ4n) is 3.55. The number of anilines is 1. The first-order valence-corrected chi connectivity index (χ1v) is 12.0. The van der Waals surface area contributed by atoms with Gasteiger partial charge in [-0.1, -0.05) is 90.1 Å². The minimum atomic E-state index is -0.225. The zero-order valence-electron chi connectivity index (χ0n) is 18.1. The molecule has 0 aliphatic carbocycles. The monoisotopic (exact) mass is 485 g/mol. The lowest BCUT2D eigenvalue weighted by Crippen LogP contribution is -2.15. The van der Waals surface area contributed by atoms with E-state index in [1.165, 1.54) is 17.1 Å². The predicted molar refractivity (Wildman–Crippen MR) is 137 cm³/mol. The van der Waals surface area contributed by atoms with E-state index in [1.54, 1.807) is 17.1 Å². The number of amides is 1. The van der Waals surface area contributed by atoms with Gasteiger partial charge in [-0.05, 0) is 28.5 Å². The van der Waals surface area contributed by atoms with Gasteiger partial charge in [0, 0.05) is 18.0 Å². The summed E-state index contributed by atoms with van der Waals surface area (Å²) in [7, 11) is 0. The van der Waals surface area contributed by atoms with Gasteiger partial charge in [0.15, 0.2) is 11.0 Å². The lowest BCUT2D eigenvalue weighted by atomic mass is 10.1. The first-order chi connectivity index (χ1) is 16.6. The molecule has 2 heterocycles. The van der Waals surface area contributed by atoms with E-state index in [0.29, 0.717) is 22.5 Å². The third-order valence-corrected chi connectivity index (χ3v) is 6.31. The number of aromatic nitrogens is 4. The zero-order valence-corrected chi connectivity index (χ0v) is 19.6. The van der Waals surface area contributed by atoms with Crippen LogP contribution >= 0.6 is 23.4 Å². The van der Waals surface area contributed by atoms with Crippen molar-refractivity contribution in [2.45, 2.75) is 11.7 Å². The fraction of sp³-hybridized carbons (Fsp3) is 0.0769. The van der Waals surface area contributed by atoms with Crippen molar-refractivity contribution in [2.75, 3.05) is 11.1 Å². The van der Waals surface area contributed by atoms with Crippen LogP contribution in [0.3, 0.4) is 0 Å². The van der Waals surface area contributed by atoms with Crippen molar-refractivity contribution >= 4 is 45.9 Å².